The number of ether oxygens (including phenoxy) is 2. The molecule has 23 heavy (non-hydrogen) atoms. The standard InChI is InChI=1S/C16H21N3O4/c1-12-10-13(15(20)18-2-6-22-7-3-18)11-17-14(12)16(21)19-4-8-23-9-5-19/h10-11H,2-9H2,1H3. The third-order valence-electron chi connectivity index (χ3n) is 4.12. The van der Waals surface area contributed by atoms with Gasteiger partial charge in [-0.25, -0.2) is 4.98 Å². The van der Waals surface area contributed by atoms with Crippen LogP contribution in [0.1, 0.15) is 26.4 Å². The molecule has 0 unspecified atom stereocenters. The molecule has 2 aliphatic heterocycles. The summed E-state index contributed by atoms with van der Waals surface area (Å²) >= 11 is 0. The van der Waals surface area contributed by atoms with Gasteiger partial charge in [0, 0.05) is 32.4 Å². The van der Waals surface area contributed by atoms with Crippen LogP contribution in [0, 0.1) is 6.92 Å². The van der Waals surface area contributed by atoms with Crippen LogP contribution in [0.25, 0.3) is 0 Å². The van der Waals surface area contributed by atoms with Gasteiger partial charge < -0.3 is 19.3 Å². The first kappa shape index (κ1) is 15.9. The molecule has 3 heterocycles. The average Bonchev–Trinajstić information content (AvgIpc) is 2.62. The second kappa shape index (κ2) is 7.06. The van der Waals surface area contributed by atoms with E-state index in [9.17, 15) is 9.59 Å². The van der Waals surface area contributed by atoms with Crippen LogP contribution in [-0.2, 0) is 9.47 Å². The molecule has 1 aromatic rings. The van der Waals surface area contributed by atoms with Crippen LogP contribution in [0.5, 0.6) is 0 Å². The Balaban J connectivity index is 1.74. The molecule has 0 aliphatic carbocycles. The lowest BCUT2D eigenvalue weighted by molar-refractivity contribution is 0.0294. The molecular weight excluding hydrogens is 298 g/mol. The number of morpholine rings is 2. The van der Waals surface area contributed by atoms with E-state index in [-0.39, 0.29) is 11.8 Å². The van der Waals surface area contributed by atoms with Crippen LogP contribution >= 0.6 is 0 Å². The summed E-state index contributed by atoms with van der Waals surface area (Å²) in [4.78, 5) is 32.7. The van der Waals surface area contributed by atoms with Crippen LogP contribution in [-0.4, -0.2) is 79.2 Å². The molecule has 0 aromatic carbocycles. The van der Waals surface area contributed by atoms with E-state index in [1.165, 1.54) is 6.20 Å². The van der Waals surface area contributed by atoms with Crippen molar-refractivity contribution in [1.29, 1.82) is 0 Å². The topological polar surface area (TPSA) is 72.0 Å². The molecule has 0 spiro atoms. The van der Waals surface area contributed by atoms with E-state index in [0.29, 0.717) is 63.9 Å². The van der Waals surface area contributed by atoms with E-state index in [1.807, 2.05) is 6.92 Å². The highest BCUT2D eigenvalue weighted by Gasteiger charge is 2.23. The van der Waals surface area contributed by atoms with Gasteiger partial charge in [0.1, 0.15) is 5.69 Å². The summed E-state index contributed by atoms with van der Waals surface area (Å²) in [5.74, 6) is -0.162. The monoisotopic (exact) mass is 319 g/mol. The predicted octanol–water partition coefficient (Wildman–Crippen LogP) is 0.335. The van der Waals surface area contributed by atoms with Crippen LogP contribution in [0.4, 0.5) is 0 Å². The van der Waals surface area contributed by atoms with Gasteiger partial charge in [-0.15, -0.1) is 0 Å². The van der Waals surface area contributed by atoms with Crippen molar-refractivity contribution in [2.75, 3.05) is 52.6 Å². The van der Waals surface area contributed by atoms with E-state index < -0.39 is 0 Å². The lowest BCUT2D eigenvalue weighted by atomic mass is 10.1. The molecule has 124 valence electrons. The van der Waals surface area contributed by atoms with E-state index in [2.05, 4.69) is 4.98 Å². The highest BCUT2D eigenvalue weighted by Crippen LogP contribution is 2.14. The van der Waals surface area contributed by atoms with Gasteiger partial charge in [-0.1, -0.05) is 0 Å². The van der Waals surface area contributed by atoms with E-state index in [0.717, 1.165) is 5.56 Å². The van der Waals surface area contributed by atoms with Crippen molar-refractivity contribution in [1.82, 2.24) is 14.8 Å². The number of pyridine rings is 1. The molecule has 1 aromatic heterocycles. The van der Waals surface area contributed by atoms with Crippen LogP contribution in [0.2, 0.25) is 0 Å². The van der Waals surface area contributed by atoms with E-state index in [4.69, 9.17) is 9.47 Å². The fourth-order valence-electron chi connectivity index (χ4n) is 2.78. The van der Waals surface area contributed by atoms with Crippen molar-refractivity contribution < 1.29 is 19.1 Å². The van der Waals surface area contributed by atoms with Gasteiger partial charge >= 0.3 is 0 Å². The van der Waals surface area contributed by atoms with Gasteiger partial charge in [0.2, 0.25) is 0 Å². The number of carbonyl (C=O) groups is 2. The van der Waals surface area contributed by atoms with Crippen LogP contribution < -0.4 is 0 Å². The zero-order valence-electron chi connectivity index (χ0n) is 13.3. The molecule has 2 amide bonds. The Morgan fingerprint density at radius 2 is 1.48 bits per heavy atom. The number of hydrogen-bond donors (Lipinski definition) is 0. The molecule has 7 nitrogen and oxygen atoms in total. The maximum atomic E-state index is 12.5. The summed E-state index contributed by atoms with van der Waals surface area (Å²) in [6.45, 7) is 6.38. The van der Waals surface area contributed by atoms with E-state index >= 15 is 0 Å². The lowest BCUT2D eigenvalue weighted by Gasteiger charge is -2.28. The van der Waals surface area contributed by atoms with Gasteiger partial charge in [0.05, 0.1) is 32.0 Å². The quantitative estimate of drug-likeness (QED) is 0.786. The Labute approximate surface area is 135 Å². The van der Waals surface area contributed by atoms with Crippen LogP contribution in [0.15, 0.2) is 12.3 Å². The number of aromatic nitrogens is 1. The number of rotatable bonds is 2. The fourth-order valence-corrected chi connectivity index (χ4v) is 2.78. The third-order valence-corrected chi connectivity index (χ3v) is 4.12. The summed E-state index contributed by atoms with van der Waals surface area (Å²) in [6, 6.07) is 1.75. The second-order valence-electron chi connectivity index (χ2n) is 5.70. The van der Waals surface area contributed by atoms with Gasteiger partial charge in [0.25, 0.3) is 11.8 Å². The van der Waals surface area contributed by atoms with Gasteiger partial charge in [-0.2, -0.15) is 0 Å². The van der Waals surface area contributed by atoms with Crippen molar-refractivity contribution in [3.05, 3.63) is 29.1 Å². The third kappa shape index (κ3) is 3.51. The molecule has 7 heteroatoms. The first-order valence-electron chi connectivity index (χ1n) is 7.87. The van der Waals surface area contributed by atoms with Crippen molar-refractivity contribution in [3.8, 4) is 0 Å². The molecule has 0 N–H and O–H groups in total. The number of aryl methyl sites for hydroxylation is 1. The molecule has 2 fully saturated rings. The highest BCUT2D eigenvalue weighted by molar-refractivity contribution is 5.97. The zero-order valence-corrected chi connectivity index (χ0v) is 13.3. The summed E-state index contributed by atoms with van der Waals surface area (Å²) in [5.41, 5.74) is 1.65. The number of hydrogen-bond acceptors (Lipinski definition) is 5. The lowest BCUT2D eigenvalue weighted by Crippen LogP contribution is -2.42. The maximum absolute atomic E-state index is 12.5. The predicted molar refractivity (Wildman–Crippen MR) is 82.4 cm³/mol. The number of carbonyl (C=O) groups excluding carboxylic acids is 2. The van der Waals surface area contributed by atoms with Gasteiger partial charge in [-0.3, -0.25) is 9.59 Å². The normalized spacial score (nSPS) is 18.8. The molecule has 2 saturated heterocycles. The zero-order chi connectivity index (χ0) is 16.2. The van der Waals surface area contributed by atoms with Crippen molar-refractivity contribution in [2.24, 2.45) is 0 Å². The average molecular weight is 319 g/mol. The first-order valence-corrected chi connectivity index (χ1v) is 7.87. The smallest absolute Gasteiger partial charge is 0.272 e. The fraction of sp³-hybridized carbons (Fsp3) is 0.562. The molecule has 2 aliphatic rings. The number of amides is 2. The minimum Gasteiger partial charge on any atom is -0.378 e. The second-order valence-corrected chi connectivity index (χ2v) is 5.70. The Morgan fingerprint density at radius 3 is 2.00 bits per heavy atom. The van der Waals surface area contributed by atoms with Gasteiger partial charge in [0.15, 0.2) is 0 Å². The minimum atomic E-state index is -0.101. The molecule has 3 rings (SSSR count). The van der Waals surface area contributed by atoms with E-state index in [1.54, 1.807) is 15.9 Å². The molecule has 0 bridgehead atoms. The summed E-state index contributed by atoms with van der Waals surface area (Å²) < 4.78 is 10.5. The van der Waals surface area contributed by atoms with Crippen LogP contribution in [0.3, 0.4) is 0 Å². The van der Waals surface area contributed by atoms with Crippen molar-refractivity contribution in [2.45, 2.75) is 6.92 Å². The van der Waals surface area contributed by atoms with Crippen molar-refractivity contribution >= 4 is 11.8 Å². The molecular formula is C16H21N3O4. The Kier molecular flexibility index (Phi) is 4.88. The first-order chi connectivity index (χ1) is 11.2. The van der Waals surface area contributed by atoms with Gasteiger partial charge in [-0.05, 0) is 18.6 Å². The summed E-state index contributed by atoms with van der Waals surface area (Å²) in [5, 5.41) is 0. The maximum Gasteiger partial charge on any atom is 0.272 e. The molecule has 0 radical (unpaired) electrons. The minimum absolute atomic E-state index is 0.0609. The Morgan fingerprint density at radius 1 is 0.957 bits per heavy atom. The highest BCUT2D eigenvalue weighted by atomic mass is 16.5. The Bertz CT molecular complexity index is 593. The summed E-state index contributed by atoms with van der Waals surface area (Å²) in [6.07, 6.45) is 1.50. The Hall–Kier alpha value is -1.99. The molecule has 0 saturated carbocycles. The summed E-state index contributed by atoms with van der Waals surface area (Å²) in [7, 11) is 0. The number of nitrogens with zero attached hydrogens (tertiary/aromatic N) is 3. The molecule has 0 atom stereocenters. The largest absolute Gasteiger partial charge is 0.378 e. The SMILES string of the molecule is Cc1cc(C(=O)N2CCOCC2)cnc1C(=O)N1CCOCC1. The van der Waals surface area contributed by atoms with Crippen molar-refractivity contribution in [3.63, 3.8) is 0 Å².